The van der Waals surface area contributed by atoms with Gasteiger partial charge in [-0.2, -0.15) is 0 Å². The molecule has 0 bridgehead atoms. The molecule has 0 fully saturated rings. The lowest BCUT2D eigenvalue weighted by molar-refractivity contribution is -0.123. The summed E-state index contributed by atoms with van der Waals surface area (Å²) in [5, 5.41) is 2.71. The van der Waals surface area contributed by atoms with Crippen LogP contribution in [0.15, 0.2) is 0 Å². The van der Waals surface area contributed by atoms with E-state index in [1.54, 1.807) is 27.7 Å². The zero-order valence-electron chi connectivity index (χ0n) is 8.77. The quantitative estimate of drug-likeness (QED) is 0.629. The number of rotatable bonds is 3. The summed E-state index contributed by atoms with van der Waals surface area (Å²) in [4.78, 5) is 11.3. The predicted molar refractivity (Wildman–Crippen MR) is 53.9 cm³/mol. The van der Waals surface area contributed by atoms with E-state index in [-0.39, 0.29) is 12.3 Å². The third kappa shape index (κ3) is 6.18. The molecule has 0 spiro atoms. The van der Waals surface area contributed by atoms with Crippen molar-refractivity contribution in [2.75, 3.05) is 0 Å². The second kappa shape index (κ2) is 3.80. The van der Waals surface area contributed by atoms with Crippen molar-refractivity contribution < 1.29 is 4.79 Å². The Morgan fingerprint density at radius 3 is 2.23 bits per heavy atom. The van der Waals surface area contributed by atoms with Crippen molar-refractivity contribution in [2.45, 2.75) is 45.2 Å². The molecule has 0 aliphatic heterocycles. The Balaban J connectivity index is 4.13. The standard InChI is InChI=1S/C10H18N2O/c1-6-10(4,5)12-8(13)7-9(2,3)11/h1H,7,11H2,2-5H3,(H,12,13). The minimum atomic E-state index is -0.595. The molecule has 74 valence electrons. The molecule has 0 rings (SSSR count). The monoisotopic (exact) mass is 182 g/mol. The number of carbonyl (C=O) groups excluding carboxylic acids is 1. The van der Waals surface area contributed by atoms with Crippen LogP contribution in [0.3, 0.4) is 0 Å². The SMILES string of the molecule is C#CC(C)(C)NC(=O)CC(C)(C)N. The highest BCUT2D eigenvalue weighted by atomic mass is 16.1. The van der Waals surface area contributed by atoms with Gasteiger partial charge in [0.05, 0.1) is 5.54 Å². The van der Waals surface area contributed by atoms with Crippen LogP contribution in [0.2, 0.25) is 0 Å². The zero-order valence-corrected chi connectivity index (χ0v) is 8.77. The predicted octanol–water partition coefficient (Wildman–Crippen LogP) is 0.642. The number of hydrogen-bond acceptors (Lipinski definition) is 2. The van der Waals surface area contributed by atoms with Crippen molar-refractivity contribution in [3.8, 4) is 12.3 Å². The molecule has 0 heterocycles. The van der Waals surface area contributed by atoms with Crippen molar-refractivity contribution in [1.29, 1.82) is 0 Å². The first-order chi connectivity index (χ1) is 5.66. The van der Waals surface area contributed by atoms with Crippen LogP contribution < -0.4 is 11.1 Å². The van der Waals surface area contributed by atoms with Crippen molar-refractivity contribution in [2.24, 2.45) is 5.73 Å². The summed E-state index contributed by atoms with van der Waals surface area (Å²) in [5.74, 6) is 2.37. The minimum absolute atomic E-state index is 0.115. The van der Waals surface area contributed by atoms with E-state index in [0.717, 1.165) is 0 Å². The second-order valence-electron chi connectivity index (χ2n) is 4.48. The van der Waals surface area contributed by atoms with Crippen LogP contribution in [-0.4, -0.2) is 17.0 Å². The maximum atomic E-state index is 11.3. The molecule has 0 saturated carbocycles. The van der Waals surface area contributed by atoms with Crippen LogP contribution in [0.4, 0.5) is 0 Å². The normalized spacial score (nSPS) is 12.0. The minimum Gasteiger partial charge on any atom is -0.340 e. The van der Waals surface area contributed by atoms with Crippen LogP contribution >= 0.6 is 0 Å². The highest BCUT2D eigenvalue weighted by molar-refractivity contribution is 5.78. The summed E-state index contributed by atoms with van der Waals surface area (Å²) >= 11 is 0. The van der Waals surface area contributed by atoms with Crippen molar-refractivity contribution in [3.05, 3.63) is 0 Å². The molecule has 0 aromatic heterocycles. The number of amides is 1. The van der Waals surface area contributed by atoms with Gasteiger partial charge >= 0.3 is 0 Å². The first-order valence-electron chi connectivity index (χ1n) is 4.24. The Kier molecular flexibility index (Phi) is 3.50. The van der Waals surface area contributed by atoms with Gasteiger partial charge < -0.3 is 11.1 Å². The lowest BCUT2D eigenvalue weighted by atomic mass is 10.0. The number of carbonyl (C=O) groups is 1. The maximum absolute atomic E-state index is 11.3. The zero-order chi connectivity index (χ0) is 10.7. The van der Waals surface area contributed by atoms with E-state index in [2.05, 4.69) is 11.2 Å². The van der Waals surface area contributed by atoms with Gasteiger partial charge in [-0.3, -0.25) is 4.79 Å². The Morgan fingerprint density at radius 1 is 1.46 bits per heavy atom. The van der Waals surface area contributed by atoms with Gasteiger partial charge in [0, 0.05) is 12.0 Å². The third-order valence-electron chi connectivity index (χ3n) is 1.43. The van der Waals surface area contributed by atoms with Crippen molar-refractivity contribution >= 4 is 5.91 Å². The van der Waals surface area contributed by atoms with E-state index in [9.17, 15) is 4.79 Å². The van der Waals surface area contributed by atoms with Crippen LogP contribution in [0, 0.1) is 12.3 Å². The smallest absolute Gasteiger partial charge is 0.222 e. The molecular weight excluding hydrogens is 164 g/mol. The van der Waals surface area contributed by atoms with E-state index in [1.165, 1.54) is 0 Å². The Labute approximate surface area is 80.1 Å². The number of terminal acetylenes is 1. The van der Waals surface area contributed by atoms with Gasteiger partial charge in [-0.25, -0.2) is 0 Å². The molecule has 1 amide bonds. The van der Waals surface area contributed by atoms with E-state index in [4.69, 9.17) is 12.2 Å². The van der Waals surface area contributed by atoms with E-state index < -0.39 is 11.1 Å². The number of nitrogens with two attached hydrogens (primary N) is 1. The van der Waals surface area contributed by atoms with Gasteiger partial charge in [-0.15, -0.1) is 6.42 Å². The fraction of sp³-hybridized carbons (Fsp3) is 0.700. The summed E-state index contributed by atoms with van der Waals surface area (Å²) in [6.45, 7) is 7.15. The van der Waals surface area contributed by atoms with Crippen LogP contribution in [-0.2, 0) is 4.79 Å². The van der Waals surface area contributed by atoms with E-state index in [1.807, 2.05) is 0 Å². The molecule has 0 saturated heterocycles. The van der Waals surface area contributed by atoms with E-state index in [0.29, 0.717) is 0 Å². The molecule has 3 nitrogen and oxygen atoms in total. The Morgan fingerprint density at radius 2 is 1.92 bits per heavy atom. The van der Waals surface area contributed by atoms with Gasteiger partial charge in [0.15, 0.2) is 0 Å². The second-order valence-corrected chi connectivity index (χ2v) is 4.48. The van der Waals surface area contributed by atoms with Gasteiger partial charge in [0.1, 0.15) is 0 Å². The topological polar surface area (TPSA) is 55.1 Å². The molecule has 3 heteroatoms. The maximum Gasteiger partial charge on any atom is 0.222 e. The molecule has 13 heavy (non-hydrogen) atoms. The lowest BCUT2D eigenvalue weighted by Gasteiger charge is -2.23. The molecule has 0 aromatic carbocycles. The molecule has 0 aliphatic carbocycles. The molecule has 0 aromatic rings. The fourth-order valence-electron chi connectivity index (χ4n) is 0.843. The largest absolute Gasteiger partial charge is 0.340 e. The molecule has 0 unspecified atom stereocenters. The fourth-order valence-corrected chi connectivity index (χ4v) is 0.843. The van der Waals surface area contributed by atoms with Gasteiger partial charge in [-0.1, -0.05) is 5.92 Å². The van der Waals surface area contributed by atoms with Crippen molar-refractivity contribution in [1.82, 2.24) is 5.32 Å². The summed E-state index contributed by atoms with van der Waals surface area (Å²) in [7, 11) is 0. The highest BCUT2D eigenvalue weighted by Gasteiger charge is 2.21. The average molecular weight is 182 g/mol. The van der Waals surface area contributed by atoms with Gasteiger partial charge in [-0.05, 0) is 27.7 Å². The van der Waals surface area contributed by atoms with Crippen LogP contribution in [0.5, 0.6) is 0 Å². The molecule has 0 radical (unpaired) electrons. The summed E-state index contributed by atoms with van der Waals surface area (Å²) in [5.41, 5.74) is 4.60. The average Bonchev–Trinajstić information content (AvgIpc) is 1.81. The molecule has 0 atom stereocenters. The highest BCUT2D eigenvalue weighted by Crippen LogP contribution is 2.06. The number of hydrogen-bond donors (Lipinski definition) is 2. The van der Waals surface area contributed by atoms with Crippen LogP contribution in [0.25, 0.3) is 0 Å². The van der Waals surface area contributed by atoms with Gasteiger partial charge in [0.2, 0.25) is 5.91 Å². The first kappa shape index (κ1) is 12.0. The summed E-state index contributed by atoms with van der Waals surface area (Å²) < 4.78 is 0. The first-order valence-corrected chi connectivity index (χ1v) is 4.24. The summed E-state index contributed by atoms with van der Waals surface area (Å²) in [6.07, 6.45) is 5.50. The Hall–Kier alpha value is -1.01. The lowest BCUT2D eigenvalue weighted by Crippen LogP contribution is -2.46. The molecule has 3 N–H and O–H groups in total. The summed E-state index contributed by atoms with van der Waals surface area (Å²) in [6, 6.07) is 0. The number of nitrogens with one attached hydrogen (secondary N) is 1. The molecular formula is C10H18N2O. The molecule has 0 aliphatic rings. The van der Waals surface area contributed by atoms with Crippen molar-refractivity contribution in [3.63, 3.8) is 0 Å². The van der Waals surface area contributed by atoms with Gasteiger partial charge in [0.25, 0.3) is 0 Å². The van der Waals surface area contributed by atoms with Crippen LogP contribution in [0.1, 0.15) is 34.1 Å². The van der Waals surface area contributed by atoms with E-state index >= 15 is 0 Å². The third-order valence-corrected chi connectivity index (χ3v) is 1.43. The Bertz CT molecular complexity index is 230.